The van der Waals surface area contributed by atoms with Gasteiger partial charge in [0.15, 0.2) is 10.8 Å². The average Bonchev–Trinajstić information content (AvgIpc) is 3.42. The summed E-state index contributed by atoms with van der Waals surface area (Å²) in [6.07, 6.45) is 5.66. The molecule has 4 aliphatic rings. The Morgan fingerprint density at radius 1 is 1.02 bits per heavy atom. The van der Waals surface area contributed by atoms with Crippen LogP contribution < -0.4 is 20.9 Å². The molecule has 4 amide bonds. The lowest BCUT2D eigenvalue weighted by molar-refractivity contribution is -0.138. The molecule has 14 nitrogen and oxygen atoms in total. The van der Waals surface area contributed by atoms with E-state index >= 15 is 0 Å². The first-order valence-electron chi connectivity index (χ1n) is 20.2. The first kappa shape index (κ1) is 51.2. The largest absolute Gasteiger partial charge is 0.419 e. The number of alkyl halides is 3. The number of anilines is 3. The summed E-state index contributed by atoms with van der Waals surface area (Å²) in [7, 11) is 0. The zero-order valence-corrected chi connectivity index (χ0v) is 35.8. The van der Waals surface area contributed by atoms with Crippen molar-refractivity contribution in [3.8, 4) is 6.07 Å². The maximum Gasteiger partial charge on any atom is 0.419 e. The first-order chi connectivity index (χ1) is 28.6. The Bertz CT molecular complexity index is 1810. The number of carbonyl (C=O) groups excluding carboxylic acids is 4. The quantitative estimate of drug-likeness (QED) is 0.105. The van der Waals surface area contributed by atoms with Gasteiger partial charge < -0.3 is 25.7 Å². The van der Waals surface area contributed by atoms with E-state index in [1.807, 2.05) is 36.9 Å². The van der Waals surface area contributed by atoms with Crippen LogP contribution in [-0.4, -0.2) is 104 Å². The van der Waals surface area contributed by atoms with Crippen molar-refractivity contribution >= 4 is 58.0 Å². The molecule has 1 aliphatic carbocycles. The number of carbonyl (C=O) groups is 4. The van der Waals surface area contributed by atoms with Crippen LogP contribution in [0.5, 0.6) is 0 Å². The Balaban J connectivity index is 0. The molecule has 3 aliphatic heterocycles. The normalized spacial score (nSPS) is 19.0. The van der Waals surface area contributed by atoms with E-state index in [1.54, 1.807) is 19.9 Å². The fraction of sp³-hybridized carbons (Fsp3) is 0.548. The molecule has 1 saturated carbocycles. The molecule has 5 N–H and O–H groups in total. The second-order valence-electron chi connectivity index (χ2n) is 14.4. The van der Waals surface area contributed by atoms with E-state index in [1.165, 1.54) is 12.5 Å². The Morgan fingerprint density at radius 2 is 1.62 bits per heavy atom. The molecule has 0 bridgehead atoms. The number of aliphatic hydroxyl groups is 2. The van der Waals surface area contributed by atoms with Gasteiger partial charge in [0.25, 0.3) is 5.91 Å². The third-order valence-corrected chi connectivity index (χ3v) is 10.2. The van der Waals surface area contributed by atoms with Crippen molar-refractivity contribution in [3.05, 3.63) is 60.9 Å². The van der Waals surface area contributed by atoms with Crippen LogP contribution in [0, 0.1) is 11.3 Å². The van der Waals surface area contributed by atoms with E-state index < -0.39 is 34.9 Å². The molecular weight excluding hydrogens is 802 g/mol. The van der Waals surface area contributed by atoms with Gasteiger partial charge in [0.05, 0.1) is 37.2 Å². The summed E-state index contributed by atoms with van der Waals surface area (Å²) in [4.78, 5) is 57.0. The van der Waals surface area contributed by atoms with Gasteiger partial charge in [-0.1, -0.05) is 45.6 Å². The number of aromatic nitrogens is 1. The molecule has 6 rings (SSSR count). The first-order valence-corrected chi connectivity index (χ1v) is 20.6. The van der Waals surface area contributed by atoms with Crippen LogP contribution in [0.1, 0.15) is 107 Å². The molecule has 1 aromatic heterocycles. The third-order valence-electron chi connectivity index (χ3n) is 9.85. The number of amides is 4. The molecule has 336 valence electrons. The zero-order chi connectivity index (χ0) is 45.0. The summed E-state index contributed by atoms with van der Waals surface area (Å²) in [5, 5.41) is 32.7. The second-order valence-corrected chi connectivity index (χ2v) is 14.8. The standard InChI is InChI=1S/C18H19F3N4OS.C18H24N4O3.C2H6O2.C2H6.C2H4.3H2/c1-17(2)15(26)24(16(27)25(17)11-6-4-3-5-7-11)12-8-13(18(19,20)21)14(9-22)23-10-12;23-16-8-7-15(18(25)21-16)19-13-5-4-6-14(11-13)20-17(24)12-22-9-2-1-3-10-22;3-1-2-4;2*1-2;;;/h8,10-11H,3-7H2,1-2H3;4-6,11,15,19H,1-3,7-10,12H2,(H,20,24)(H,21,23,25);3-4H,1-2H2;1-2H3;1-2H2;3*1H. The lowest BCUT2D eigenvalue weighted by Crippen LogP contribution is -2.50. The molecule has 18 heteroatoms. The van der Waals surface area contributed by atoms with Gasteiger partial charge in [-0.05, 0) is 95.5 Å². The predicted molar refractivity (Wildman–Crippen MR) is 235 cm³/mol. The summed E-state index contributed by atoms with van der Waals surface area (Å²) in [5.41, 5.74) is -1.49. The molecule has 3 saturated heterocycles. The van der Waals surface area contributed by atoms with Gasteiger partial charge in [-0.25, -0.2) is 4.98 Å². The van der Waals surface area contributed by atoms with Gasteiger partial charge in [0, 0.05) is 28.1 Å². The monoisotopic (exact) mass is 866 g/mol. The van der Waals surface area contributed by atoms with E-state index in [0.717, 1.165) is 80.9 Å². The highest BCUT2D eigenvalue weighted by Gasteiger charge is 2.52. The van der Waals surface area contributed by atoms with E-state index in [4.69, 9.17) is 27.7 Å². The van der Waals surface area contributed by atoms with Crippen LogP contribution >= 0.6 is 12.2 Å². The van der Waals surface area contributed by atoms with Crippen LogP contribution in [0.15, 0.2) is 49.7 Å². The number of aliphatic hydroxyl groups excluding tert-OH is 2. The van der Waals surface area contributed by atoms with Crippen molar-refractivity contribution in [2.45, 2.75) is 116 Å². The highest BCUT2D eigenvalue weighted by atomic mass is 32.1. The van der Waals surface area contributed by atoms with Crippen LogP contribution in [0.4, 0.5) is 30.2 Å². The summed E-state index contributed by atoms with van der Waals surface area (Å²) < 4.78 is 39.8. The van der Waals surface area contributed by atoms with Crippen molar-refractivity contribution in [1.29, 1.82) is 5.26 Å². The van der Waals surface area contributed by atoms with Crippen molar-refractivity contribution < 1.29 is 46.8 Å². The Hall–Kier alpha value is -4.96. The SMILES string of the molecule is C=C.CC.CC1(C)C(=O)N(c2cnc(C#N)c(C(F)(F)F)c2)C(=S)N1C1CCCCC1.O=C1CCC(Nc2cccc(NC(=O)CN3CCCCC3)c2)C(=O)N1.OCCO.[HH].[HH].[HH]. The van der Waals surface area contributed by atoms with Crippen LogP contribution in [0.3, 0.4) is 0 Å². The van der Waals surface area contributed by atoms with Gasteiger partial charge in [0.2, 0.25) is 17.7 Å². The van der Waals surface area contributed by atoms with Gasteiger partial charge in [-0.15, -0.1) is 13.2 Å². The van der Waals surface area contributed by atoms with Crippen LogP contribution in [0.25, 0.3) is 0 Å². The summed E-state index contributed by atoms with van der Waals surface area (Å²) in [6, 6.07) is 9.16. The number of nitriles is 1. The number of pyridine rings is 1. The smallest absolute Gasteiger partial charge is 0.394 e. The Kier molecular flexibility index (Phi) is 21.3. The second kappa shape index (κ2) is 25.0. The lowest BCUT2D eigenvalue weighted by Gasteiger charge is -2.39. The minimum atomic E-state index is -4.75. The van der Waals surface area contributed by atoms with E-state index in [9.17, 15) is 32.3 Å². The van der Waals surface area contributed by atoms with E-state index in [2.05, 4.69) is 39.0 Å². The number of rotatable bonds is 8. The van der Waals surface area contributed by atoms with E-state index in [0.29, 0.717) is 25.1 Å². The minimum Gasteiger partial charge on any atom is -0.394 e. The number of imide groups is 1. The molecular formula is C42H65F3N8O6S. The fourth-order valence-electron chi connectivity index (χ4n) is 7.11. The molecule has 60 heavy (non-hydrogen) atoms. The highest BCUT2D eigenvalue weighted by molar-refractivity contribution is 7.80. The van der Waals surface area contributed by atoms with Crippen LogP contribution in [0.2, 0.25) is 0 Å². The highest BCUT2D eigenvalue weighted by Crippen LogP contribution is 2.40. The molecule has 0 spiro atoms. The van der Waals surface area contributed by atoms with Gasteiger partial charge in [-0.2, -0.15) is 18.4 Å². The minimum absolute atomic E-state index is 0. The number of thiocarbonyl (C=S) groups is 1. The number of benzene rings is 1. The molecule has 1 aromatic carbocycles. The maximum atomic E-state index is 13.3. The third kappa shape index (κ3) is 14.4. The maximum absolute atomic E-state index is 13.3. The van der Waals surface area contributed by atoms with Crippen molar-refractivity contribution in [1.82, 2.24) is 20.1 Å². The van der Waals surface area contributed by atoms with Crippen molar-refractivity contribution in [2.75, 3.05) is 48.4 Å². The molecule has 2 aromatic rings. The summed E-state index contributed by atoms with van der Waals surface area (Å²) in [6.45, 7) is 15.6. The Labute approximate surface area is 360 Å². The molecule has 4 heterocycles. The Morgan fingerprint density at radius 3 is 2.18 bits per heavy atom. The summed E-state index contributed by atoms with van der Waals surface area (Å²) in [5.74, 6) is -0.963. The van der Waals surface area contributed by atoms with Crippen molar-refractivity contribution in [2.24, 2.45) is 0 Å². The molecule has 0 radical (unpaired) electrons. The van der Waals surface area contributed by atoms with E-state index in [-0.39, 0.29) is 52.1 Å². The molecule has 4 fully saturated rings. The average molecular weight is 867 g/mol. The predicted octanol–water partition coefficient (Wildman–Crippen LogP) is 6.88. The number of nitrogens with one attached hydrogen (secondary N) is 3. The zero-order valence-electron chi connectivity index (χ0n) is 34.9. The van der Waals surface area contributed by atoms with Gasteiger partial charge >= 0.3 is 6.18 Å². The topological polar surface area (TPSA) is 191 Å². The van der Waals surface area contributed by atoms with Gasteiger partial charge in [0.1, 0.15) is 17.6 Å². The number of likely N-dealkylation sites (tertiary alicyclic amines) is 1. The molecule has 1 atom stereocenters. The number of nitrogens with zero attached hydrogens (tertiary/aromatic N) is 5. The van der Waals surface area contributed by atoms with Gasteiger partial charge in [-0.3, -0.25) is 34.3 Å². The number of piperidine rings is 2. The van der Waals surface area contributed by atoms with Crippen LogP contribution in [-0.2, 0) is 25.4 Å². The lowest BCUT2D eigenvalue weighted by atomic mass is 9.91. The number of hydrogen-bond donors (Lipinski definition) is 5. The number of halogens is 3. The molecule has 1 unspecified atom stereocenters. The summed E-state index contributed by atoms with van der Waals surface area (Å²) >= 11 is 5.51. The van der Waals surface area contributed by atoms with Crippen molar-refractivity contribution in [3.63, 3.8) is 0 Å². The fourth-order valence-corrected chi connectivity index (χ4v) is 7.68. The number of hydrogen-bond acceptors (Lipinski definition) is 11.